The Morgan fingerprint density at radius 2 is 1.90 bits per heavy atom. The number of aliphatic carboxylic acids is 1. The smallest absolute Gasteiger partial charge is 0.326 e. The third-order valence-corrected chi connectivity index (χ3v) is 3.54. The highest BCUT2D eigenvalue weighted by Crippen LogP contribution is 2.20. The van der Waals surface area contributed by atoms with Gasteiger partial charge in [-0.05, 0) is 37.5 Å². The number of nitrogens with one attached hydrogen (secondary N) is 1. The van der Waals surface area contributed by atoms with E-state index in [1.807, 2.05) is 0 Å². The highest BCUT2D eigenvalue weighted by molar-refractivity contribution is 9.11. The molecule has 0 aliphatic carbocycles. The van der Waals surface area contributed by atoms with Gasteiger partial charge < -0.3 is 10.4 Å². The van der Waals surface area contributed by atoms with Crippen molar-refractivity contribution < 1.29 is 14.7 Å². The summed E-state index contributed by atoms with van der Waals surface area (Å²) in [6.07, 6.45) is 3.50. The lowest BCUT2D eigenvalue weighted by Crippen LogP contribution is -2.40. The molecule has 0 aromatic heterocycles. The molecule has 0 radical (unpaired) electrons. The molecule has 0 aliphatic heterocycles. The first-order chi connectivity index (χ1) is 9.43. The second-order valence-corrected chi connectivity index (χ2v) is 6.07. The summed E-state index contributed by atoms with van der Waals surface area (Å²) in [6, 6.07) is 4.20. The largest absolute Gasteiger partial charge is 0.480 e. The molecule has 6 heteroatoms. The van der Waals surface area contributed by atoms with Crippen LogP contribution in [0, 0.1) is 0 Å². The summed E-state index contributed by atoms with van der Waals surface area (Å²) in [5, 5.41) is 11.7. The zero-order chi connectivity index (χ0) is 15.1. The number of amides is 1. The summed E-state index contributed by atoms with van der Waals surface area (Å²) < 4.78 is 1.49. The van der Waals surface area contributed by atoms with Crippen LogP contribution in [0.2, 0.25) is 0 Å². The number of allylic oxidation sites excluding steroid dienone is 1. The van der Waals surface area contributed by atoms with Gasteiger partial charge in [-0.3, -0.25) is 4.79 Å². The Morgan fingerprint density at radius 1 is 1.30 bits per heavy atom. The minimum absolute atomic E-state index is 0.377. The number of benzene rings is 1. The minimum atomic E-state index is -1.03. The quantitative estimate of drug-likeness (QED) is 0.537. The maximum Gasteiger partial charge on any atom is 0.326 e. The van der Waals surface area contributed by atoms with E-state index in [2.05, 4.69) is 43.8 Å². The number of rotatable bonds is 7. The van der Waals surface area contributed by atoms with Crippen molar-refractivity contribution in [2.24, 2.45) is 0 Å². The van der Waals surface area contributed by atoms with E-state index in [9.17, 15) is 9.59 Å². The van der Waals surface area contributed by atoms with Gasteiger partial charge in [-0.2, -0.15) is 0 Å². The number of carbonyl (C=O) groups excluding carboxylic acids is 1. The lowest BCUT2D eigenvalue weighted by Gasteiger charge is -2.14. The van der Waals surface area contributed by atoms with Gasteiger partial charge in [0, 0.05) is 14.5 Å². The van der Waals surface area contributed by atoms with Crippen LogP contribution in [0.3, 0.4) is 0 Å². The molecule has 0 unspecified atom stereocenters. The fourth-order valence-corrected chi connectivity index (χ4v) is 2.94. The van der Waals surface area contributed by atoms with Gasteiger partial charge in [0.05, 0.1) is 0 Å². The van der Waals surface area contributed by atoms with Gasteiger partial charge in [-0.25, -0.2) is 4.79 Å². The van der Waals surface area contributed by atoms with Crippen LogP contribution < -0.4 is 5.32 Å². The van der Waals surface area contributed by atoms with E-state index in [0.29, 0.717) is 18.4 Å². The van der Waals surface area contributed by atoms with E-state index < -0.39 is 17.9 Å². The normalized spacial score (nSPS) is 11.7. The molecular weight excluding hydrogens is 390 g/mol. The lowest BCUT2D eigenvalue weighted by molar-refractivity contribution is -0.139. The summed E-state index contributed by atoms with van der Waals surface area (Å²) >= 11 is 6.58. The van der Waals surface area contributed by atoms with Crippen molar-refractivity contribution >= 4 is 43.7 Å². The Hall–Kier alpha value is -1.14. The first-order valence-electron chi connectivity index (χ1n) is 6.04. The van der Waals surface area contributed by atoms with Crippen molar-refractivity contribution in [3.63, 3.8) is 0 Å². The molecule has 1 aromatic rings. The minimum Gasteiger partial charge on any atom is -0.480 e. The number of unbranched alkanes of at least 4 members (excludes halogenated alkanes) is 1. The molecule has 0 bridgehead atoms. The van der Waals surface area contributed by atoms with E-state index >= 15 is 0 Å². The van der Waals surface area contributed by atoms with Crippen LogP contribution in [0.15, 0.2) is 39.8 Å². The van der Waals surface area contributed by atoms with Crippen molar-refractivity contribution in [2.75, 3.05) is 0 Å². The van der Waals surface area contributed by atoms with E-state index in [0.717, 1.165) is 15.4 Å². The number of hydrogen-bond donors (Lipinski definition) is 2. The van der Waals surface area contributed by atoms with Crippen molar-refractivity contribution in [1.29, 1.82) is 0 Å². The van der Waals surface area contributed by atoms with Crippen molar-refractivity contribution in [1.82, 2.24) is 5.32 Å². The number of carboxylic acid groups (broad SMARTS) is 1. The number of hydrogen-bond acceptors (Lipinski definition) is 2. The molecule has 1 aromatic carbocycles. The summed E-state index contributed by atoms with van der Waals surface area (Å²) in [4.78, 5) is 23.2. The zero-order valence-corrected chi connectivity index (χ0v) is 13.9. The number of carbonyl (C=O) groups is 2. The highest BCUT2D eigenvalue weighted by Gasteiger charge is 2.20. The molecule has 108 valence electrons. The van der Waals surface area contributed by atoms with Crippen LogP contribution in [-0.2, 0) is 4.79 Å². The van der Waals surface area contributed by atoms with E-state index in [-0.39, 0.29) is 0 Å². The van der Waals surface area contributed by atoms with Gasteiger partial charge in [0.15, 0.2) is 0 Å². The molecular formula is C14H15Br2NO3. The van der Waals surface area contributed by atoms with Crippen LogP contribution >= 0.6 is 31.9 Å². The lowest BCUT2D eigenvalue weighted by atomic mass is 10.1. The monoisotopic (exact) mass is 403 g/mol. The van der Waals surface area contributed by atoms with Gasteiger partial charge in [-0.1, -0.05) is 37.9 Å². The second kappa shape index (κ2) is 8.21. The SMILES string of the molecule is C=CCCC[C@@H](NC(=O)c1cc(Br)cc(Br)c1)C(=O)O. The van der Waals surface area contributed by atoms with Gasteiger partial charge in [0.1, 0.15) is 6.04 Å². The molecule has 0 spiro atoms. The maximum absolute atomic E-state index is 12.1. The molecule has 0 saturated heterocycles. The molecule has 0 aliphatic rings. The molecule has 1 rings (SSSR count). The predicted molar refractivity (Wildman–Crippen MR) is 84.8 cm³/mol. The third kappa shape index (κ3) is 5.46. The Morgan fingerprint density at radius 3 is 2.40 bits per heavy atom. The van der Waals surface area contributed by atoms with Crippen LogP contribution in [0.5, 0.6) is 0 Å². The number of halogens is 2. The van der Waals surface area contributed by atoms with Crippen LogP contribution in [0.25, 0.3) is 0 Å². The van der Waals surface area contributed by atoms with Gasteiger partial charge in [-0.15, -0.1) is 6.58 Å². The van der Waals surface area contributed by atoms with E-state index in [4.69, 9.17) is 5.11 Å². The zero-order valence-electron chi connectivity index (χ0n) is 10.7. The van der Waals surface area contributed by atoms with Gasteiger partial charge in [0.2, 0.25) is 0 Å². The van der Waals surface area contributed by atoms with E-state index in [1.165, 1.54) is 0 Å². The predicted octanol–water partition coefficient (Wildman–Crippen LogP) is 3.75. The van der Waals surface area contributed by atoms with Crippen molar-refractivity contribution in [3.8, 4) is 0 Å². The summed E-state index contributed by atoms with van der Waals surface area (Å²) in [5.41, 5.74) is 0.404. The standard InChI is InChI=1S/C14H15Br2NO3/c1-2-3-4-5-12(14(19)20)17-13(18)9-6-10(15)8-11(16)7-9/h2,6-8,12H,1,3-5H2,(H,17,18)(H,19,20)/t12-/m1/s1. The average Bonchev–Trinajstić information content (AvgIpc) is 2.36. The van der Waals surface area contributed by atoms with Crippen LogP contribution in [0.1, 0.15) is 29.6 Å². The Labute approximate surface area is 134 Å². The van der Waals surface area contributed by atoms with E-state index in [1.54, 1.807) is 24.3 Å². The molecule has 1 amide bonds. The average molecular weight is 405 g/mol. The number of carboxylic acids is 1. The summed E-state index contributed by atoms with van der Waals surface area (Å²) in [6.45, 7) is 3.59. The Balaban J connectivity index is 2.74. The first-order valence-corrected chi connectivity index (χ1v) is 7.63. The molecule has 20 heavy (non-hydrogen) atoms. The van der Waals surface area contributed by atoms with Crippen molar-refractivity contribution in [3.05, 3.63) is 45.4 Å². The van der Waals surface area contributed by atoms with Gasteiger partial charge >= 0.3 is 5.97 Å². The molecule has 0 saturated carbocycles. The summed E-state index contributed by atoms with van der Waals surface area (Å²) in [7, 11) is 0. The van der Waals surface area contributed by atoms with Crippen molar-refractivity contribution in [2.45, 2.75) is 25.3 Å². The second-order valence-electron chi connectivity index (χ2n) is 4.24. The topological polar surface area (TPSA) is 66.4 Å². The maximum atomic E-state index is 12.1. The van der Waals surface area contributed by atoms with Crippen LogP contribution in [0.4, 0.5) is 0 Å². The highest BCUT2D eigenvalue weighted by atomic mass is 79.9. The fraction of sp³-hybridized carbons (Fsp3) is 0.286. The fourth-order valence-electron chi connectivity index (χ4n) is 1.65. The molecule has 0 heterocycles. The first kappa shape index (κ1) is 16.9. The molecule has 2 N–H and O–H groups in total. The third-order valence-electron chi connectivity index (χ3n) is 2.63. The van der Waals surface area contributed by atoms with Gasteiger partial charge in [0.25, 0.3) is 5.91 Å². The summed E-state index contributed by atoms with van der Waals surface area (Å²) in [5.74, 6) is -1.44. The van der Waals surface area contributed by atoms with Crippen LogP contribution in [-0.4, -0.2) is 23.0 Å². The Bertz CT molecular complexity index is 497. The molecule has 0 fully saturated rings. The molecule has 4 nitrogen and oxygen atoms in total. The molecule has 1 atom stereocenters. The Kier molecular flexibility index (Phi) is 6.95.